The molecule has 0 aliphatic heterocycles. The highest BCUT2D eigenvalue weighted by molar-refractivity contribution is 5.95. The molecule has 1 saturated carbocycles. The molecule has 2 rings (SSSR count). The van der Waals surface area contributed by atoms with Crippen LogP contribution in [0.2, 0.25) is 0 Å². The van der Waals surface area contributed by atoms with Crippen LogP contribution < -0.4 is 11.1 Å². The predicted octanol–water partition coefficient (Wildman–Crippen LogP) is 2.63. The molecule has 92 valence electrons. The van der Waals surface area contributed by atoms with Gasteiger partial charge in [0.2, 0.25) is 0 Å². The predicted molar refractivity (Wildman–Crippen MR) is 68.4 cm³/mol. The standard InChI is InChI=1S/C13H18N2O2/c1-8-6-9(15-13(2)4-3-5-13)7-10(11(8)14)12(16)17/h6-7,15H,3-5,14H2,1-2H3,(H,16,17). The second-order valence-corrected chi connectivity index (χ2v) is 5.10. The molecule has 0 unspecified atom stereocenters. The van der Waals surface area contributed by atoms with Crippen LogP contribution in [0.5, 0.6) is 0 Å². The second-order valence-electron chi connectivity index (χ2n) is 5.10. The Morgan fingerprint density at radius 3 is 2.59 bits per heavy atom. The minimum Gasteiger partial charge on any atom is -0.478 e. The Kier molecular flexibility index (Phi) is 2.73. The summed E-state index contributed by atoms with van der Waals surface area (Å²) in [6.45, 7) is 3.98. The molecule has 0 spiro atoms. The van der Waals surface area contributed by atoms with Crippen LogP contribution in [-0.2, 0) is 0 Å². The first-order valence-electron chi connectivity index (χ1n) is 5.83. The number of carboxylic acid groups (broad SMARTS) is 1. The van der Waals surface area contributed by atoms with Crippen molar-refractivity contribution in [3.05, 3.63) is 23.3 Å². The summed E-state index contributed by atoms with van der Waals surface area (Å²) in [5.74, 6) is -0.979. The molecular weight excluding hydrogens is 216 g/mol. The van der Waals surface area contributed by atoms with Crippen LogP contribution in [0.1, 0.15) is 42.1 Å². The van der Waals surface area contributed by atoms with Gasteiger partial charge in [0, 0.05) is 16.9 Å². The fraction of sp³-hybridized carbons (Fsp3) is 0.462. The number of nitrogen functional groups attached to an aromatic ring is 1. The Bertz CT molecular complexity index is 465. The van der Waals surface area contributed by atoms with Crippen LogP contribution >= 0.6 is 0 Å². The lowest BCUT2D eigenvalue weighted by atomic mass is 9.78. The molecule has 1 aliphatic carbocycles. The van der Waals surface area contributed by atoms with Crippen LogP contribution in [0.15, 0.2) is 12.1 Å². The average Bonchev–Trinajstić information content (AvgIpc) is 2.20. The quantitative estimate of drug-likeness (QED) is 0.703. The van der Waals surface area contributed by atoms with E-state index in [1.807, 2.05) is 13.0 Å². The van der Waals surface area contributed by atoms with E-state index in [0.717, 1.165) is 24.1 Å². The molecule has 4 heteroatoms. The summed E-state index contributed by atoms with van der Waals surface area (Å²) in [7, 11) is 0. The zero-order valence-corrected chi connectivity index (χ0v) is 10.2. The van der Waals surface area contributed by atoms with Crippen molar-refractivity contribution in [3.8, 4) is 0 Å². The van der Waals surface area contributed by atoms with Gasteiger partial charge in [-0.2, -0.15) is 0 Å². The fourth-order valence-corrected chi connectivity index (χ4v) is 2.23. The zero-order chi connectivity index (χ0) is 12.6. The van der Waals surface area contributed by atoms with Crippen molar-refractivity contribution in [2.75, 3.05) is 11.1 Å². The third-order valence-electron chi connectivity index (χ3n) is 3.52. The van der Waals surface area contributed by atoms with Gasteiger partial charge in [0.1, 0.15) is 0 Å². The van der Waals surface area contributed by atoms with Crippen LogP contribution in [-0.4, -0.2) is 16.6 Å². The Labute approximate surface area is 101 Å². The van der Waals surface area contributed by atoms with E-state index in [0.29, 0.717) is 5.69 Å². The maximum Gasteiger partial charge on any atom is 0.337 e. The summed E-state index contributed by atoms with van der Waals surface area (Å²) in [4.78, 5) is 11.1. The topological polar surface area (TPSA) is 75.3 Å². The van der Waals surface area contributed by atoms with E-state index >= 15 is 0 Å². The Morgan fingerprint density at radius 1 is 1.47 bits per heavy atom. The molecular formula is C13H18N2O2. The zero-order valence-electron chi connectivity index (χ0n) is 10.2. The van der Waals surface area contributed by atoms with E-state index in [1.165, 1.54) is 6.42 Å². The molecule has 1 fully saturated rings. The molecule has 0 bridgehead atoms. The molecule has 0 radical (unpaired) electrons. The number of nitrogens with two attached hydrogens (primary N) is 1. The summed E-state index contributed by atoms with van der Waals surface area (Å²) in [5, 5.41) is 12.5. The molecule has 1 aromatic carbocycles. The van der Waals surface area contributed by atoms with E-state index in [2.05, 4.69) is 12.2 Å². The maximum absolute atomic E-state index is 11.1. The van der Waals surface area contributed by atoms with Crippen molar-refractivity contribution in [1.29, 1.82) is 0 Å². The second kappa shape index (κ2) is 3.95. The SMILES string of the molecule is Cc1cc(NC2(C)CCC2)cc(C(=O)O)c1N. The first kappa shape index (κ1) is 11.8. The molecule has 4 nitrogen and oxygen atoms in total. The van der Waals surface area contributed by atoms with Gasteiger partial charge in [0.15, 0.2) is 0 Å². The van der Waals surface area contributed by atoms with Gasteiger partial charge in [-0.3, -0.25) is 0 Å². The molecule has 1 aromatic rings. The van der Waals surface area contributed by atoms with E-state index in [1.54, 1.807) is 6.07 Å². The molecule has 0 aromatic heterocycles. The molecule has 0 amide bonds. The molecule has 0 atom stereocenters. The lowest BCUT2D eigenvalue weighted by Gasteiger charge is -2.40. The van der Waals surface area contributed by atoms with Gasteiger partial charge < -0.3 is 16.2 Å². The number of anilines is 2. The van der Waals surface area contributed by atoms with Crippen LogP contribution in [0, 0.1) is 6.92 Å². The highest BCUT2D eigenvalue weighted by atomic mass is 16.4. The van der Waals surface area contributed by atoms with Gasteiger partial charge in [-0.05, 0) is 50.8 Å². The smallest absolute Gasteiger partial charge is 0.337 e. The number of nitrogens with one attached hydrogen (secondary N) is 1. The lowest BCUT2D eigenvalue weighted by molar-refractivity contribution is 0.0698. The number of hydrogen-bond donors (Lipinski definition) is 3. The monoisotopic (exact) mass is 234 g/mol. The van der Waals surface area contributed by atoms with E-state index in [-0.39, 0.29) is 11.1 Å². The van der Waals surface area contributed by atoms with Crippen LogP contribution in [0.3, 0.4) is 0 Å². The Morgan fingerprint density at radius 2 is 2.12 bits per heavy atom. The van der Waals surface area contributed by atoms with Crippen LogP contribution in [0.4, 0.5) is 11.4 Å². The van der Waals surface area contributed by atoms with Crippen molar-refractivity contribution in [2.24, 2.45) is 0 Å². The van der Waals surface area contributed by atoms with Gasteiger partial charge in [-0.1, -0.05) is 0 Å². The minimum absolute atomic E-state index is 0.109. The third kappa shape index (κ3) is 2.20. The van der Waals surface area contributed by atoms with Gasteiger partial charge in [-0.25, -0.2) is 4.79 Å². The van der Waals surface area contributed by atoms with Crippen molar-refractivity contribution in [1.82, 2.24) is 0 Å². The molecule has 17 heavy (non-hydrogen) atoms. The molecule has 0 saturated heterocycles. The summed E-state index contributed by atoms with van der Waals surface area (Å²) >= 11 is 0. The minimum atomic E-state index is -0.979. The maximum atomic E-state index is 11.1. The number of benzene rings is 1. The lowest BCUT2D eigenvalue weighted by Crippen LogP contribution is -2.41. The summed E-state index contributed by atoms with van der Waals surface area (Å²) in [6.07, 6.45) is 3.47. The average molecular weight is 234 g/mol. The largest absolute Gasteiger partial charge is 0.478 e. The summed E-state index contributed by atoms with van der Waals surface area (Å²) < 4.78 is 0. The van der Waals surface area contributed by atoms with E-state index < -0.39 is 5.97 Å². The Balaban J connectivity index is 2.32. The highest BCUT2D eigenvalue weighted by Crippen LogP contribution is 2.35. The highest BCUT2D eigenvalue weighted by Gasteiger charge is 2.31. The van der Waals surface area contributed by atoms with Gasteiger partial charge in [0.05, 0.1) is 5.56 Å². The molecule has 4 N–H and O–H groups in total. The number of aromatic carboxylic acids is 1. The van der Waals surface area contributed by atoms with Crippen molar-refractivity contribution >= 4 is 17.3 Å². The molecule has 0 heterocycles. The number of aryl methyl sites for hydroxylation is 1. The number of carboxylic acids is 1. The van der Waals surface area contributed by atoms with Gasteiger partial charge >= 0.3 is 5.97 Å². The first-order valence-corrected chi connectivity index (χ1v) is 5.83. The van der Waals surface area contributed by atoms with Crippen LogP contribution in [0.25, 0.3) is 0 Å². The van der Waals surface area contributed by atoms with Gasteiger partial charge in [0.25, 0.3) is 0 Å². The van der Waals surface area contributed by atoms with Crippen molar-refractivity contribution in [2.45, 2.75) is 38.6 Å². The number of carbonyl (C=O) groups is 1. The third-order valence-corrected chi connectivity index (χ3v) is 3.52. The molecule has 1 aliphatic rings. The van der Waals surface area contributed by atoms with E-state index in [4.69, 9.17) is 10.8 Å². The summed E-state index contributed by atoms with van der Waals surface area (Å²) in [6, 6.07) is 3.53. The van der Waals surface area contributed by atoms with Crippen molar-refractivity contribution < 1.29 is 9.90 Å². The Hall–Kier alpha value is -1.71. The normalized spacial score (nSPS) is 17.3. The van der Waals surface area contributed by atoms with E-state index in [9.17, 15) is 4.79 Å². The number of hydrogen-bond acceptors (Lipinski definition) is 3. The first-order chi connectivity index (χ1) is 7.91. The fourth-order valence-electron chi connectivity index (χ4n) is 2.23. The van der Waals surface area contributed by atoms with Gasteiger partial charge in [-0.15, -0.1) is 0 Å². The van der Waals surface area contributed by atoms with Crippen molar-refractivity contribution in [3.63, 3.8) is 0 Å². The summed E-state index contributed by atoms with van der Waals surface area (Å²) in [5.41, 5.74) is 8.03. The number of rotatable bonds is 3.